The molecule has 5 nitrogen and oxygen atoms in total. The summed E-state index contributed by atoms with van der Waals surface area (Å²) >= 11 is 0. The second kappa shape index (κ2) is 5.04. The van der Waals surface area contributed by atoms with E-state index < -0.39 is 17.6 Å². The minimum Gasteiger partial charge on any atom is -0.479 e. The third-order valence-electron chi connectivity index (χ3n) is 3.74. The minimum absolute atomic E-state index is 0.0199. The summed E-state index contributed by atoms with van der Waals surface area (Å²) in [5, 5.41) is 9.37. The molecule has 3 N–H and O–H groups in total. The molecule has 0 spiro atoms. The zero-order valence-electron chi connectivity index (χ0n) is 10.8. The smallest absolute Gasteiger partial charge is 0.329 e. The van der Waals surface area contributed by atoms with Gasteiger partial charge in [0.05, 0.1) is 6.04 Å². The molecule has 0 aliphatic carbocycles. The Morgan fingerprint density at radius 3 is 2.47 bits per heavy atom. The Kier molecular flexibility index (Phi) is 4.14. The molecule has 0 bridgehead atoms. The van der Waals surface area contributed by atoms with Crippen LogP contribution in [0.4, 0.5) is 0 Å². The highest BCUT2D eigenvalue weighted by Gasteiger charge is 2.49. The van der Waals surface area contributed by atoms with Gasteiger partial charge in [-0.1, -0.05) is 20.8 Å². The standard InChI is InChI=1S/C12H22N2O3/c1-4-12(11(16)17)6-5-7-14(12)10(15)9(13)8(2)3/h8-9H,4-7,13H2,1-3H3,(H,16,17)/t9-,12?/m1/s1. The molecule has 1 unspecified atom stereocenters. The average molecular weight is 242 g/mol. The molecule has 1 amide bonds. The first-order valence-corrected chi connectivity index (χ1v) is 6.17. The summed E-state index contributed by atoms with van der Waals surface area (Å²) in [5.74, 6) is -1.13. The summed E-state index contributed by atoms with van der Waals surface area (Å²) in [7, 11) is 0. The molecule has 1 heterocycles. The van der Waals surface area contributed by atoms with Crippen LogP contribution in [0.25, 0.3) is 0 Å². The molecule has 1 saturated heterocycles. The van der Waals surface area contributed by atoms with Crippen LogP contribution in [0.3, 0.4) is 0 Å². The van der Waals surface area contributed by atoms with Gasteiger partial charge in [-0.3, -0.25) is 4.79 Å². The van der Waals surface area contributed by atoms with Crippen molar-refractivity contribution >= 4 is 11.9 Å². The molecular formula is C12H22N2O3. The molecule has 0 radical (unpaired) electrons. The van der Waals surface area contributed by atoms with Crippen LogP contribution in [0.15, 0.2) is 0 Å². The van der Waals surface area contributed by atoms with Crippen LogP contribution in [0, 0.1) is 5.92 Å². The zero-order chi connectivity index (χ0) is 13.2. The maximum absolute atomic E-state index is 12.2. The summed E-state index contributed by atoms with van der Waals surface area (Å²) in [6, 6.07) is -0.613. The SMILES string of the molecule is CCC1(C(=O)O)CCCN1C(=O)[C@H](N)C(C)C. The fourth-order valence-electron chi connectivity index (χ4n) is 2.41. The van der Waals surface area contributed by atoms with Crippen molar-refractivity contribution in [2.45, 2.75) is 51.6 Å². The van der Waals surface area contributed by atoms with Crippen LogP contribution in [-0.2, 0) is 9.59 Å². The molecule has 1 aliphatic rings. The highest BCUT2D eigenvalue weighted by Crippen LogP contribution is 2.33. The van der Waals surface area contributed by atoms with E-state index in [1.165, 1.54) is 4.90 Å². The van der Waals surface area contributed by atoms with Gasteiger partial charge in [-0.05, 0) is 25.2 Å². The van der Waals surface area contributed by atoms with E-state index >= 15 is 0 Å². The first-order chi connectivity index (χ1) is 7.86. The van der Waals surface area contributed by atoms with Crippen LogP contribution in [0.5, 0.6) is 0 Å². The highest BCUT2D eigenvalue weighted by molar-refractivity contribution is 5.90. The molecule has 5 heteroatoms. The number of carbonyl (C=O) groups is 2. The van der Waals surface area contributed by atoms with E-state index in [2.05, 4.69) is 0 Å². The van der Waals surface area contributed by atoms with Gasteiger partial charge in [-0.25, -0.2) is 4.79 Å². The summed E-state index contributed by atoms with van der Waals surface area (Å²) < 4.78 is 0. The maximum atomic E-state index is 12.2. The van der Waals surface area contributed by atoms with Crippen molar-refractivity contribution in [2.24, 2.45) is 11.7 Å². The molecule has 98 valence electrons. The van der Waals surface area contributed by atoms with Gasteiger partial charge >= 0.3 is 5.97 Å². The summed E-state index contributed by atoms with van der Waals surface area (Å²) in [6.45, 7) is 6.04. The number of carboxylic acid groups (broad SMARTS) is 1. The summed E-state index contributed by atoms with van der Waals surface area (Å²) in [4.78, 5) is 25.1. The molecule has 2 atom stereocenters. The number of nitrogens with zero attached hydrogens (tertiary/aromatic N) is 1. The average Bonchev–Trinajstić information content (AvgIpc) is 2.71. The molecular weight excluding hydrogens is 220 g/mol. The molecule has 1 rings (SSSR count). The predicted octanol–water partition coefficient (Wildman–Crippen LogP) is 0.825. The van der Waals surface area contributed by atoms with Gasteiger partial charge in [0.1, 0.15) is 5.54 Å². The second-order valence-corrected chi connectivity index (χ2v) is 5.05. The number of carboxylic acids is 1. The Labute approximate surface area is 102 Å². The number of likely N-dealkylation sites (tertiary alicyclic amines) is 1. The Balaban J connectivity index is 2.96. The molecule has 0 aromatic carbocycles. The Hall–Kier alpha value is -1.10. The van der Waals surface area contributed by atoms with Crippen LogP contribution < -0.4 is 5.73 Å². The number of hydrogen-bond acceptors (Lipinski definition) is 3. The number of aliphatic carboxylic acids is 1. The minimum atomic E-state index is -1.04. The highest BCUT2D eigenvalue weighted by atomic mass is 16.4. The first kappa shape index (κ1) is 14.0. The van der Waals surface area contributed by atoms with Gasteiger partial charge in [0.2, 0.25) is 5.91 Å². The zero-order valence-corrected chi connectivity index (χ0v) is 10.8. The van der Waals surface area contributed by atoms with Gasteiger partial charge in [0.15, 0.2) is 0 Å². The van der Waals surface area contributed by atoms with Gasteiger partial charge < -0.3 is 15.7 Å². The van der Waals surface area contributed by atoms with Crippen molar-refractivity contribution < 1.29 is 14.7 Å². The Bertz CT molecular complexity index is 317. The normalized spacial score (nSPS) is 26.3. The van der Waals surface area contributed by atoms with Gasteiger partial charge in [-0.15, -0.1) is 0 Å². The van der Waals surface area contributed by atoms with Gasteiger partial charge in [0.25, 0.3) is 0 Å². The van der Waals surface area contributed by atoms with E-state index in [1.807, 2.05) is 13.8 Å². The lowest BCUT2D eigenvalue weighted by Crippen LogP contribution is -2.57. The van der Waals surface area contributed by atoms with Gasteiger partial charge in [0, 0.05) is 6.54 Å². The van der Waals surface area contributed by atoms with Crippen LogP contribution in [0.2, 0.25) is 0 Å². The van der Waals surface area contributed by atoms with Crippen molar-refractivity contribution in [3.63, 3.8) is 0 Å². The molecule has 0 aromatic rings. The molecule has 0 saturated carbocycles. The number of nitrogens with two attached hydrogens (primary N) is 1. The van der Waals surface area contributed by atoms with E-state index in [0.29, 0.717) is 19.4 Å². The number of carbonyl (C=O) groups excluding carboxylic acids is 1. The quantitative estimate of drug-likeness (QED) is 0.764. The largest absolute Gasteiger partial charge is 0.479 e. The maximum Gasteiger partial charge on any atom is 0.329 e. The van der Waals surface area contributed by atoms with Crippen LogP contribution in [0.1, 0.15) is 40.0 Å². The number of rotatable bonds is 4. The second-order valence-electron chi connectivity index (χ2n) is 5.05. The van der Waals surface area contributed by atoms with Crippen molar-refractivity contribution in [1.82, 2.24) is 4.90 Å². The molecule has 1 aliphatic heterocycles. The Morgan fingerprint density at radius 1 is 1.47 bits per heavy atom. The van der Waals surface area contributed by atoms with Crippen molar-refractivity contribution in [1.29, 1.82) is 0 Å². The molecule has 0 aromatic heterocycles. The fourth-order valence-corrected chi connectivity index (χ4v) is 2.41. The number of amides is 1. The van der Waals surface area contributed by atoms with E-state index in [4.69, 9.17) is 5.73 Å². The first-order valence-electron chi connectivity index (χ1n) is 6.17. The summed E-state index contributed by atoms with van der Waals surface area (Å²) in [6.07, 6.45) is 1.69. The number of hydrogen-bond donors (Lipinski definition) is 2. The fraction of sp³-hybridized carbons (Fsp3) is 0.833. The predicted molar refractivity (Wildman–Crippen MR) is 64.4 cm³/mol. The topological polar surface area (TPSA) is 83.6 Å². The van der Waals surface area contributed by atoms with Crippen LogP contribution >= 0.6 is 0 Å². The third-order valence-corrected chi connectivity index (χ3v) is 3.74. The Morgan fingerprint density at radius 2 is 2.06 bits per heavy atom. The van der Waals surface area contributed by atoms with E-state index in [9.17, 15) is 14.7 Å². The molecule has 17 heavy (non-hydrogen) atoms. The van der Waals surface area contributed by atoms with E-state index in [0.717, 1.165) is 6.42 Å². The van der Waals surface area contributed by atoms with Crippen LogP contribution in [-0.4, -0.2) is 40.0 Å². The molecule has 1 fully saturated rings. The van der Waals surface area contributed by atoms with Gasteiger partial charge in [-0.2, -0.15) is 0 Å². The lowest BCUT2D eigenvalue weighted by Gasteiger charge is -2.36. The van der Waals surface area contributed by atoms with Crippen molar-refractivity contribution in [3.8, 4) is 0 Å². The van der Waals surface area contributed by atoms with Crippen molar-refractivity contribution in [2.75, 3.05) is 6.54 Å². The summed E-state index contributed by atoms with van der Waals surface area (Å²) in [5.41, 5.74) is 4.79. The monoisotopic (exact) mass is 242 g/mol. The van der Waals surface area contributed by atoms with E-state index in [-0.39, 0.29) is 11.8 Å². The lowest BCUT2D eigenvalue weighted by atomic mass is 9.91. The third kappa shape index (κ3) is 2.29. The van der Waals surface area contributed by atoms with E-state index in [1.54, 1.807) is 6.92 Å². The lowest BCUT2D eigenvalue weighted by molar-refractivity contribution is -0.157. The van der Waals surface area contributed by atoms with Crippen molar-refractivity contribution in [3.05, 3.63) is 0 Å².